The molecule has 0 bridgehead atoms. The van der Waals surface area contributed by atoms with Crippen LogP contribution in [0.2, 0.25) is 0 Å². The summed E-state index contributed by atoms with van der Waals surface area (Å²) in [6, 6.07) is 0. The molecular formula is C45H78O10. The van der Waals surface area contributed by atoms with E-state index in [1.54, 1.807) is 0 Å². The molecule has 55 heavy (non-hydrogen) atoms. The molecule has 0 aromatic rings. The molecule has 1 aliphatic rings. The lowest BCUT2D eigenvalue weighted by Crippen LogP contribution is -2.59. The topological polar surface area (TPSA) is 152 Å². The van der Waals surface area contributed by atoms with Gasteiger partial charge in [-0.05, 0) is 70.6 Å². The van der Waals surface area contributed by atoms with Gasteiger partial charge in [0.25, 0.3) is 0 Å². The monoisotopic (exact) mass is 779 g/mol. The quantitative estimate of drug-likeness (QED) is 0.0279. The summed E-state index contributed by atoms with van der Waals surface area (Å²) < 4.78 is 22.1. The predicted molar refractivity (Wildman–Crippen MR) is 219 cm³/mol. The Hall–Kier alpha value is -2.34. The van der Waals surface area contributed by atoms with Crippen molar-refractivity contribution in [2.75, 3.05) is 19.8 Å². The summed E-state index contributed by atoms with van der Waals surface area (Å²) in [5, 5.41) is 40.0. The predicted octanol–water partition coefficient (Wildman–Crippen LogP) is 8.88. The fourth-order valence-corrected chi connectivity index (χ4v) is 6.25. The maximum absolute atomic E-state index is 12.7. The van der Waals surface area contributed by atoms with Crippen molar-refractivity contribution in [1.82, 2.24) is 0 Å². The Kier molecular flexibility index (Phi) is 33.2. The number of hydrogen-bond acceptors (Lipinski definition) is 10. The average Bonchev–Trinajstić information content (AvgIpc) is 3.18. The van der Waals surface area contributed by atoms with E-state index in [0.717, 1.165) is 83.5 Å². The van der Waals surface area contributed by atoms with Crippen molar-refractivity contribution in [3.05, 3.63) is 48.6 Å². The minimum absolute atomic E-state index is 0.208. The molecular weight excluding hydrogens is 700 g/mol. The van der Waals surface area contributed by atoms with Crippen LogP contribution in [0, 0.1) is 0 Å². The van der Waals surface area contributed by atoms with E-state index < -0.39 is 49.4 Å². The summed E-state index contributed by atoms with van der Waals surface area (Å²) in [7, 11) is 0. The fourth-order valence-electron chi connectivity index (χ4n) is 6.25. The summed E-state index contributed by atoms with van der Waals surface area (Å²) in [6.07, 6.45) is 34.0. The van der Waals surface area contributed by atoms with Crippen LogP contribution < -0.4 is 0 Å². The van der Waals surface area contributed by atoms with E-state index in [2.05, 4.69) is 62.5 Å². The van der Waals surface area contributed by atoms with Crippen LogP contribution in [0.1, 0.15) is 168 Å². The third-order valence-corrected chi connectivity index (χ3v) is 9.70. The number of aliphatic hydroxyl groups is 4. The smallest absolute Gasteiger partial charge is 0.306 e. The number of ether oxygens (including phenoxy) is 4. The van der Waals surface area contributed by atoms with Gasteiger partial charge in [0.2, 0.25) is 0 Å². The van der Waals surface area contributed by atoms with Crippen molar-refractivity contribution in [3.8, 4) is 0 Å². The van der Waals surface area contributed by atoms with Gasteiger partial charge in [0.05, 0.1) is 13.2 Å². The van der Waals surface area contributed by atoms with E-state index in [9.17, 15) is 30.0 Å². The molecule has 1 rings (SSSR count). The lowest BCUT2D eigenvalue weighted by molar-refractivity contribution is -0.305. The summed E-state index contributed by atoms with van der Waals surface area (Å²) >= 11 is 0. The second-order valence-corrected chi connectivity index (χ2v) is 14.8. The van der Waals surface area contributed by atoms with Crippen LogP contribution in [-0.2, 0) is 28.5 Å². The van der Waals surface area contributed by atoms with Crippen molar-refractivity contribution >= 4 is 11.9 Å². The molecule has 0 amide bonds. The molecule has 0 aromatic heterocycles. The number of carbonyl (C=O) groups is 2. The zero-order chi connectivity index (χ0) is 40.2. The summed E-state index contributed by atoms with van der Waals surface area (Å²) in [4.78, 5) is 25.3. The largest absolute Gasteiger partial charge is 0.462 e. The third kappa shape index (κ3) is 27.8. The van der Waals surface area contributed by atoms with Crippen molar-refractivity contribution < 1.29 is 49.0 Å². The van der Waals surface area contributed by atoms with Gasteiger partial charge >= 0.3 is 11.9 Å². The minimum Gasteiger partial charge on any atom is -0.462 e. The molecule has 1 saturated heterocycles. The van der Waals surface area contributed by atoms with Gasteiger partial charge in [-0.1, -0.05) is 133 Å². The van der Waals surface area contributed by atoms with Gasteiger partial charge in [0, 0.05) is 12.8 Å². The molecule has 2 unspecified atom stereocenters. The van der Waals surface area contributed by atoms with Crippen molar-refractivity contribution in [2.24, 2.45) is 0 Å². The first kappa shape index (κ1) is 50.7. The molecule has 1 fully saturated rings. The Bertz CT molecular complexity index is 1040. The number of esters is 2. The Morgan fingerprint density at radius 2 is 1.07 bits per heavy atom. The molecule has 318 valence electrons. The van der Waals surface area contributed by atoms with Crippen molar-refractivity contribution in [2.45, 2.75) is 205 Å². The first-order valence-corrected chi connectivity index (χ1v) is 21.7. The first-order chi connectivity index (χ1) is 26.8. The number of carbonyl (C=O) groups excluding carboxylic acids is 2. The highest BCUT2D eigenvalue weighted by Crippen LogP contribution is 2.22. The van der Waals surface area contributed by atoms with Crippen LogP contribution in [0.5, 0.6) is 0 Å². The summed E-state index contributed by atoms with van der Waals surface area (Å²) in [6.45, 7) is 3.27. The highest BCUT2D eigenvalue weighted by molar-refractivity contribution is 5.70. The molecule has 10 heteroatoms. The molecule has 1 aliphatic heterocycles. The van der Waals surface area contributed by atoms with Crippen LogP contribution in [-0.4, -0.2) is 89.0 Å². The first-order valence-electron chi connectivity index (χ1n) is 21.7. The van der Waals surface area contributed by atoms with E-state index in [4.69, 9.17) is 18.9 Å². The Morgan fingerprint density at radius 3 is 1.64 bits per heavy atom. The maximum Gasteiger partial charge on any atom is 0.306 e. The van der Waals surface area contributed by atoms with Gasteiger partial charge in [0.1, 0.15) is 31.0 Å². The second-order valence-electron chi connectivity index (χ2n) is 14.8. The van der Waals surface area contributed by atoms with Crippen molar-refractivity contribution in [3.63, 3.8) is 0 Å². The number of unbranched alkanes of at least 4 members (excludes halogenated alkanes) is 16. The summed E-state index contributed by atoms with van der Waals surface area (Å²) in [5.41, 5.74) is 0. The van der Waals surface area contributed by atoms with Gasteiger partial charge in [0.15, 0.2) is 12.4 Å². The SMILES string of the molecule is CC/C=C/C/C=C/C/C=C/CCCCCCCC(=O)O[C@@H](COC(=O)CCCCCCCCC/C=C/CCCCCC)CO[C@H]1O[C@@H](CO)[C@@H](O)C(O)C1O. The molecule has 10 nitrogen and oxygen atoms in total. The molecule has 0 spiro atoms. The molecule has 4 N–H and O–H groups in total. The zero-order valence-corrected chi connectivity index (χ0v) is 34.4. The normalized spacial score (nSPS) is 21.0. The van der Waals surface area contributed by atoms with Crippen LogP contribution >= 0.6 is 0 Å². The standard InChI is InChI=1S/C45H78O10/c1-3-5-7-9-11-13-15-17-19-21-23-25-27-29-31-33-40(47)52-36-38(37-53-45-44(51)43(50)42(49)39(35-46)55-45)54-41(48)34-32-30-28-26-24-22-20-18-16-14-12-10-8-6-4-2/h6,8,12-15,18,20,38-39,42-46,49-51H,3-5,7,9-11,16-17,19,21-37H2,1-2H3/b8-6+,14-12+,15-13+,20-18+/t38-,39-,42+,43?,44?,45-/m0/s1. The highest BCUT2D eigenvalue weighted by atomic mass is 16.7. The van der Waals surface area contributed by atoms with Gasteiger partial charge in [-0.2, -0.15) is 0 Å². The van der Waals surface area contributed by atoms with Gasteiger partial charge in [-0.3, -0.25) is 9.59 Å². The van der Waals surface area contributed by atoms with Crippen LogP contribution in [0.3, 0.4) is 0 Å². The van der Waals surface area contributed by atoms with Gasteiger partial charge in [-0.15, -0.1) is 0 Å². The summed E-state index contributed by atoms with van der Waals surface area (Å²) in [5.74, 6) is -0.834. The number of allylic oxidation sites excluding steroid dienone is 8. The molecule has 0 aromatic carbocycles. The average molecular weight is 779 g/mol. The fraction of sp³-hybridized carbons (Fsp3) is 0.778. The molecule has 0 aliphatic carbocycles. The number of rotatable bonds is 35. The second kappa shape index (κ2) is 36.0. The Labute approximate surface area is 333 Å². The third-order valence-electron chi connectivity index (χ3n) is 9.70. The number of hydrogen-bond donors (Lipinski definition) is 4. The van der Waals surface area contributed by atoms with Gasteiger partial charge in [-0.25, -0.2) is 0 Å². The molecule has 0 saturated carbocycles. The molecule has 0 radical (unpaired) electrons. The van der Waals surface area contributed by atoms with Crippen LogP contribution in [0.4, 0.5) is 0 Å². The minimum atomic E-state index is -1.60. The van der Waals surface area contributed by atoms with E-state index >= 15 is 0 Å². The maximum atomic E-state index is 12.7. The highest BCUT2D eigenvalue weighted by Gasteiger charge is 2.44. The van der Waals surface area contributed by atoms with E-state index in [1.807, 2.05) is 0 Å². The molecule has 6 atom stereocenters. The lowest BCUT2D eigenvalue weighted by Gasteiger charge is -2.39. The van der Waals surface area contributed by atoms with Crippen LogP contribution in [0.15, 0.2) is 48.6 Å². The van der Waals surface area contributed by atoms with Crippen molar-refractivity contribution in [1.29, 1.82) is 0 Å². The van der Waals surface area contributed by atoms with E-state index in [0.29, 0.717) is 6.42 Å². The van der Waals surface area contributed by atoms with E-state index in [-0.39, 0.29) is 32.0 Å². The zero-order valence-electron chi connectivity index (χ0n) is 34.4. The molecule has 1 heterocycles. The lowest BCUT2D eigenvalue weighted by atomic mass is 9.99. The van der Waals surface area contributed by atoms with Crippen LogP contribution in [0.25, 0.3) is 0 Å². The Balaban J connectivity index is 2.36. The van der Waals surface area contributed by atoms with E-state index in [1.165, 1.54) is 51.4 Å². The Morgan fingerprint density at radius 1 is 0.582 bits per heavy atom. The van der Waals surface area contributed by atoms with Gasteiger partial charge < -0.3 is 39.4 Å². The number of aliphatic hydroxyl groups excluding tert-OH is 4.